The van der Waals surface area contributed by atoms with Crippen LogP contribution in [0.1, 0.15) is 10.4 Å². The summed E-state index contributed by atoms with van der Waals surface area (Å²) < 4.78 is 43.9. The summed E-state index contributed by atoms with van der Waals surface area (Å²) in [5.74, 6) is -0.404. The maximum atomic E-state index is 13.1. The first kappa shape index (κ1) is 20.5. The molecule has 0 spiro atoms. The number of anilines is 2. The lowest BCUT2D eigenvalue weighted by atomic mass is 10.1. The summed E-state index contributed by atoms with van der Waals surface area (Å²) >= 11 is -0.194. The van der Waals surface area contributed by atoms with Crippen molar-refractivity contribution in [3.05, 3.63) is 60.3 Å². The van der Waals surface area contributed by atoms with Gasteiger partial charge in [0, 0.05) is 29.6 Å². The topological polar surface area (TPSA) is 54.5 Å². The molecule has 1 aromatic heterocycles. The van der Waals surface area contributed by atoms with Gasteiger partial charge < -0.3 is 15.0 Å². The number of morpholine rings is 1. The molecule has 1 saturated heterocycles. The number of carbonyl (C=O) groups is 1. The number of ether oxygens (including phenoxy) is 1. The van der Waals surface area contributed by atoms with Crippen molar-refractivity contribution in [2.24, 2.45) is 0 Å². The molecule has 9 heteroatoms. The molecule has 1 N–H and O–H groups in total. The van der Waals surface area contributed by atoms with E-state index in [4.69, 9.17) is 4.74 Å². The van der Waals surface area contributed by atoms with Crippen LogP contribution in [0, 0.1) is 0 Å². The molecule has 1 aliphatic heterocycles. The molecule has 1 fully saturated rings. The summed E-state index contributed by atoms with van der Waals surface area (Å²) in [7, 11) is 0. The Kier molecular flexibility index (Phi) is 5.83. The van der Waals surface area contributed by atoms with E-state index in [1.165, 1.54) is 18.2 Å². The SMILES string of the molecule is O=C(Nc1cccc2cccnc12)c1ccc(SC(F)(F)F)cc1N1CCOCC1. The van der Waals surface area contributed by atoms with Gasteiger partial charge in [0.1, 0.15) is 0 Å². The zero-order valence-electron chi connectivity index (χ0n) is 15.8. The first-order valence-electron chi connectivity index (χ1n) is 9.28. The lowest BCUT2D eigenvalue weighted by Gasteiger charge is -2.30. The molecule has 5 nitrogen and oxygen atoms in total. The molecule has 156 valence electrons. The van der Waals surface area contributed by atoms with Crippen LogP contribution in [0.4, 0.5) is 24.5 Å². The smallest absolute Gasteiger partial charge is 0.378 e. The number of amides is 1. The summed E-state index contributed by atoms with van der Waals surface area (Å²) in [6.45, 7) is 1.89. The van der Waals surface area contributed by atoms with E-state index in [1.807, 2.05) is 29.2 Å². The molecule has 1 aliphatic rings. The predicted octanol–water partition coefficient (Wildman–Crippen LogP) is 4.94. The Hall–Kier alpha value is -2.78. The van der Waals surface area contributed by atoms with Gasteiger partial charge in [0.25, 0.3) is 5.91 Å². The van der Waals surface area contributed by atoms with Gasteiger partial charge in [-0.3, -0.25) is 9.78 Å². The number of halogens is 3. The van der Waals surface area contributed by atoms with E-state index in [0.717, 1.165) is 5.39 Å². The highest BCUT2D eigenvalue weighted by Crippen LogP contribution is 2.39. The van der Waals surface area contributed by atoms with Crippen molar-refractivity contribution >= 4 is 39.9 Å². The van der Waals surface area contributed by atoms with Gasteiger partial charge in [-0.2, -0.15) is 13.2 Å². The average molecular weight is 433 g/mol. The van der Waals surface area contributed by atoms with Crippen molar-refractivity contribution in [2.45, 2.75) is 10.4 Å². The van der Waals surface area contributed by atoms with Crippen molar-refractivity contribution in [1.29, 1.82) is 0 Å². The summed E-state index contributed by atoms with van der Waals surface area (Å²) in [4.78, 5) is 19.3. The maximum Gasteiger partial charge on any atom is 0.446 e. The summed E-state index contributed by atoms with van der Waals surface area (Å²) in [6.07, 6.45) is 1.64. The molecule has 3 aromatic rings. The van der Waals surface area contributed by atoms with E-state index >= 15 is 0 Å². The van der Waals surface area contributed by atoms with E-state index in [1.54, 1.807) is 12.3 Å². The molecule has 0 unspecified atom stereocenters. The van der Waals surface area contributed by atoms with Crippen LogP contribution in [0.5, 0.6) is 0 Å². The van der Waals surface area contributed by atoms with Crippen LogP contribution in [0.3, 0.4) is 0 Å². The highest BCUT2D eigenvalue weighted by molar-refractivity contribution is 8.00. The average Bonchev–Trinajstić information content (AvgIpc) is 2.73. The molecule has 0 aliphatic carbocycles. The van der Waals surface area contributed by atoms with Crippen LogP contribution in [-0.2, 0) is 4.74 Å². The summed E-state index contributed by atoms with van der Waals surface area (Å²) in [5, 5.41) is 3.74. The molecular formula is C21H18F3N3O2S. The van der Waals surface area contributed by atoms with E-state index in [-0.39, 0.29) is 16.7 Å². The second kappa shape index (κ2) is 8.53. The standard InChI is InChI=1S/C21H18F3N3O2S/c22-21(23,24)30-15-6-7-16(18(13-15)27-9-11-29-12-10-27)20(28)26-17-5-1-3-14-4-2-8-25-19(14)17/h1-8,13H,9-12H2,(H,26,28). The maximum absolute atomic E-state index is 13.1. The monoisotopic (exact) mass is 433 g/mol. The Labute approximate surface area is 175 Å². The largest absolute Gasteiger partial charge is 0.446 e. The van der Waals surface area contributed by atoms with Gasteiger partial charge in [0.2, 0.25) is 0 Å². The molecule has 2 heterocycles. The van der Waals surface area contributed by atoms with Crippen LogP contribution >= 0.6 is 11.8 Å². The zero-order valence-corrected chi connectivity index (χ0v) is 16.6. The highest BCUT2D eigenvalue weighted by Gasteiger charge is 2.30. The number of benzene rings is 2. The fourth-order valence-electron chi connectivity index (χ4n) is 3.36. The van der Waals surface area contributed by atoms with Gasteiger partial charge in [-0.05, 0) is 42.1 Å². The minimum Gasteiger partial charge on any atom is -0.378 e. The molecule has 1 amide bonds. The van der Waals surface area contributed by atoms with E-state index in [9.17, 15) is 18.0 Å². The minimum atomic E-state index is -4.40. The number of pyridine rings is 1. The van der Waals surface area contributed by atoms with Crippen LogP contribution in [0.2, 0.25) is 0 Å². The number of thioether (sulfide) groups is 1. The van der Waals surface area contributed by atoms with Gasteiger partial charge in [-0.1, -0.05) is 18.2 Å². The number of hydrogen-bond acceptors (Lipinski definition) is 5. The van der Waals surface area contributed by atoms with Gasteiger partial charge in [0.15, 0.2) is 0 Å². The van der Waals surface area contributed by atoms with Crippen LogP contribution < -0.4 is 10.2 Å². The van der Waals surface area contributed by atoms with Gasteiger partial charge >= 0.3 is 5.51 Å². The quantitative estimate of drug-likeness (QED) is 0.591. The minimum absolute atomic E-state index is 0.0346. The molecule has 0 atom stereocenters. The molecular weight excluding hydrogens is 415 g/mol. The number of alkyl halides is 3. The fourth-order valence-corrected chi connectivity index (χ4v) is 3.94. The second-order valence-corrected chi connectivity index (χ2v) is 7.80. The number of hydrogen-bond donors (Lipinski definition) is 1. The first-order chi connectivity index (χ1) is 14.4. The molecule has 30 heavy (non-hydrogen) atoms. The molecule has 0 saturated carbocycles. The van der Waals surface area contributed by atoms with E-state index in [0.29, 0.717) is 48.8 Å². The molecule has 0 radical (unpaired) electrons. The van der Waals surface area contributed by atoms with Crippen molar-refractivity contribution in [3.8, 4) is 0 Å². The Morgan fingerprint density at radius 2 is 1.87 bits per heavy atom. The van der Waals surface area contributed by atoms with E-state index in [2.05, 4.69) is 10.3 Å². The van der Waals surface area contributed by atoms with Gasteiger partial charge in [-0.25, -0.2) is 0 Å². The van der Waals surface area contributed by atoms with E-state index < -0.39 is 11.4 Å². The van der Waals surface area contributed by atoms with Crippen LogP contribution in [-0.4, -0.2) is 42.7 Å². The number of carbonyl (C=O) groups excluding carboxylic acids is 1. The number of rotatable bonds is 4. The second-order valence-electron chi connectivity index (χ2n) is 6.66. The number of nitrogens with zero attached hydrogens (tertiary/aromatic N) is 2. The Morgan fingerprint density at radius 1 is 1.10 bits per heavy atom. The lowest BCUT2D eigenvalue weighted by Crippen LogP contribution is -2.37. The van der Waals surface area contributed by atoms with Crippen LogP contribution in [0.25, 0.3) is 10.9 Å². The van der Waals surface area contributed by atoms with Gasteiger partial charge in [0.05, 0.1) is 35.7 Å². The fraction of sp³-hybridized carbons (Fsp3) is 0.238. The Bertz CT molecular complexity index is 1060. The Morgan fingerprint density at radius 3 is 2.63 bits per heavy atom. The van der Waals surface area contributed by atoms with Gasteiger partial charge in [-0.15, -0.1) is 0 Å². The third-order valence-electron chi connectivity index (χ3n) is 4.68. The highest BCUT2D eigenvalue weighted by atomic mass is 32.2. The number of para-hydroxylation sites is 1. The molecule has 2 aromatic carbocycles. The molecule has 0 bridgehead atoms. The summed E-state index contributed by atoms with van der Waals surface area (Å²) in [5.41, 5.74) is -2.46. The third kappa shape index (κ3) is 4.68. The number of aromatic nitrogens is 1. The van der Waals surface area contributed by atoms with Crippen molar-refractivity contribution in [3.63, 3.8) is 0 Å². The molecule has 4 rings (SSSR count). The zero-order chi connectivity index (χ0) is 21.1. The van der Waals surface area contributed by atoms with Crippen molar-refractivity contribution in [1.82, 2.24) is 4.98 Å². The normalized spacial score (nSPS) is 14.7. The third-order valence-corrected chi connectivity index (χ3v) is 5.40. The number of fused-ring (bicyclic) bond motifs is 1. The number of nitrogens with one attached hydrogen (secondary N) is 1. The lowest BCUT2D eigenvalue weighted by molar-refractivity contribution is -0.0328. The summed E-state index contributed by atoms with van der Waals surface area (Å²) in [6, 6.07) is 13.3. The van der Waals surface area contributed by atoms with Crippen molar-refractivity contribution in [2.75, 3.05) is 36.5 Å². The predicted molar refractivity (Wildman–Crippen MR) is 111 cm³/mol. The van der Waals surface area contributed by atoms with Crippen molar-refractivity contribution < 1.29 is 22.7 Å². The first-order valence-corrected chi connectivity index (χ1v) is 10.1. The Balaban J connectivity index is 1.68. The van der Waals surface area contributed by atoms with Crippen LogP contribution in [0.15, 0.2) is 59.6 Å².